The van der Waals surface area contributed by atoms with Gasteiger partial charge >= 0.3 is 6.18 Å². The summed E-state index contributed by atoms with van der Waals surface area (Å²) in [5.41, 5.74) is 2.19. The standard InChI is InChI=1S/C22H24F3N3O4/c1-12(2)17-7-14(8-18(13(3)4)21(17)30)11-26-27-20(29)9-15-5-6-16(22(23,24)25)10-19(15)28(31)32/h5-8,10-13,30H,9H2,1-4H3,(H,27,29)/b26-11+. The molecule has 7 nitrogen and oxygen atoms in total. The van der Waals surface area contributed by atoms with Crippen molar-refractivity contribution in [1.29, 1.82) is 0 Å². The van der Waals surface area contributed by atoms with Gasteiger partial charge in [0.05, 0.1) is 23.1 Å². The molecule has 2 aromatic carbocycles. The molecule has 172 valence electrons. The molecule has 0 fully saturated rings. The maximum absolute atomic E-state index is 12.8. The predicted octanol–water partition coefficient (Wildman–Crippen LogP) is 5.26. The van der Waals surface area contributed by atoms with Crippen molar-refractivity contribution < 1.29 is 28.0 Å². The van der Waals surface area contributed by atoms with Crippen molar-refractivity contribution in [1.82, 2.24) is 5.43 Å². The van der Waals surface area contributed by atoms with Gasteiger partial charge in [0.1, 0.15) is 5.75 Å². The van der Waals surface area contributed by atoms with Crippen LogP contribution in [0.15, 0.2) is 35.4 Å². The SMILES string of the molecule is CC(C)c1cc(/C=N/NC(=O)Cc2ccc(C(F)(F)F)cc2[N+](=O)[O-])cc(C(C)C)c1O. The summed E-state index contributed by atoms with van der Waals surface area (Å²) in [6, 6.07) is 5.48. The van der Waals surface area contributed by atoms with Crippen molar-refractivity contribution in [3.63, 3.8) is 0 Å². The molecule has 0 aromatic heterocycles. The summed E-state index contributed by atoms with van der Waals surface area (Å²) in [5.74, 6) is -0.409. The van der Waals surface area contributed by atoms with Crippen LogP contribution >= 0.6 is 0 Å². The summed E-state index contributed by atoms with van der Waals surface area (Å²) in [4.78, 5) is 22.3. The number of carbonyl (C=O) groups excluding carboxylic acids is 1. The molecule has 32 heavy (non-hydrogen) atoms. The van der Waals surface area contributed by atoms with Gasteiger partial charge in [-0.1, -0.05) is 33.8 Å². The minimum absolute atomic E-state index is 0.0515. The van der Waals surface area contributed by atoms with Crippen LogP contribution in [0.3, 0.4) is 0 Å². The van der Waals surface area contributed by atoms with Crippen molar-refractivity contribution in [3.05, 3.63) is 68.3 Å². The average molecular weight is 451 g/mol. The lowest BCUT2D eigenvalue weighted by atomic mass is 9.92. The Balaban J connectivity index is 2.19. The van der Waals surface area contributed by atoms with E-state index in [1.54, 1.807) is 12.1 Å². The Morgan fingerprint density at radius 3 is 2.19 bits per heavy atom. The lowest BCUT2D eigenvalue weighted by molar-refractivity contribution is -0.385. The molecule has 2 aromatic rings. The van der Waals surface area contributed by atoms with E-state index < -0.39 is 34.7 Å². The van der Waals surface area contributed by atoms with Gasteiger partial charge in [0.15, 0.2) is 0 Å². The number of rotatable bonds is 7. The highest BCUT2D eigenvalue weighted by Crippen LogP contribution is 2.35. The third kappa shape index (κ3) is 6.05. The number of nitro benzene ring substituents is 1. The number of aromatic hydroxyl groups is 1. The number of phenolic OH excluding ortho intramolecular Hbond substituents is 1. The second-order valence-corrected chi connectivity index (χ2v) is 7.93. The average Bonchev–Trinajstić information content (AvgIpc) is 2.67. The molecule has 0 aliphatic carbocycles. The Kier molecular flexibility index (Phi) is 7.60. The van der Waals surface area contributed by atoms with Crippen LogP contribution in [0, 0.1) is 10.1 Å². The van der Waals surface area contributed by atoms with Crippen LogP contribution in [0.25, 0.3) is 0 Å². The van der Waals surface area contributed by atoms with E-state index in [-0.39, 0.29) is 23.1 Å². The first-order valence-electron chi connectivity index (χ1n) is 9.84. The largest absolute Gasteiger partial charge is 0.507 e. The quantitative estimate of drug-likeness (QED) is 0.340. The summed E-state index contributed by atoms with van der Waals surface area (Å²) in [5, 5.41) is 25.4. The summed E-state index contributed by atoms with van der Waals surface area (Å²) < 4.78 is 38.4. The number of nitro groups is 1. The number of hydrazone groups is 1. The molecule has 2 N–H and O–H groups in total. The van der Waals surface area contributed by atoms with Gasteiger partial charge in [-0.3, -0.25) is 14.9 Å². The zero-order valence-electron chi connectivity index (χ0n) is 18.0. The van der Waals surface area contributed by atoms with E-state index in [1.807, 2.05) is 27.7 Å². The summed E-state index contributed by atoms with van der Waals surface area (Å²) in [7, 11) is 0. The number of hydrogen-bond donors (Lipinski definition) is 2. The Morgan fingerprint density at radius 2 is 1.72 bits per heavy atom. The summed E-state index contributed by atoms with van der Waals surface area (Å²) >= 11 is 0. The van der Waals surface area contributed by atoms with Crippen LogP contribution in [0.2, 0.25) is 0 Å². The van der Waals surface area contributed by atoms with Crippen LogP contribution in [0.1, 0.15) is 67.3 Å². The van der Waals surface area contributed by atoms with Crippen LogP contribution < -0.4 is 5.43 Å². The first-order valence-corrected chi connectivity index (χ1v) is 9.84. The smallest absolute Gasteiger partial charge is 0.416 e. The minimum Gasteiger partial charge on any atom is -0.507 e. The number of benzene rings is 2. The molecule has 1 amide bonds. The third-order valence-corrected chi connectivity index (χ3v) is 4.80. The van der Waals surface area contributed by atoms with Crippen molar-refractivity contribution in [2.45, 2.75) is 52.1 Å². The molecule has 0 spiro atoms. The Labute approximate surface area is 183 Å². The van der Waals surface area contributed by atoms with E-state index in [2.05, 4.69) is 10.5 Å². The highest BCUT2D eigenvalue weighted by molar-refractivity contribution is 5.84. The molecule has 0 unspecified atom stereocenters. The Bertz CT molecular complexity index is 1020. The van der Waals surface area contributed by atoms with Crippen LogP contribution in [-0.2, 0) is 17.4 Å². The van der Waals surface area contributed by atoms with E-state index >= 15 is 0 Å². The predicted molar refractivity (Wildman–Crippen MR) is 114 cm³/mol. The van der Waals surface area contributed by atoms with E-state index in [0.717, 1.165) is 17.2 Å². The molecule has 0 aliphatic heterocycles. The highest BCUT2D eigenvalue weighted by Gasteiger charge is 2.33. The molecule has 0 bridgehead atoms. The number of halogens is 3. The Hall–Kier alpha value is -3.43. The van der Waals surface area contributed by atoms with Gasteiger partial charge in [0, 0.05) is 11.6 Å². The second kappa shape index (κ2) is 9.80. The van der Waals surface area contributed by atoms with Gasteiger partial charge in [-0.15, -0.1) is 0 Å². The lowest BCUT2D eigenvalue weighted by Crippen LogP contribution is -2.20. The molecule has 2 rings (SSSR count). The van der Waals surface area contributed by atoms with E-state index in [9.17, 15) is 33.2 Å². The van der Waals surface area contributed by atoms with E-state index in [4.69, 9.17) is 0 Å². The van der Waals surface area contributed by atoms with Crippen molar-refractivity contribution >= 4 is 17.8 Å². The Morgan fingerprint density at radius 1 is 1.16 bits per heavy atom. The molecule has 0 radical (unpaired) electrons. The molecule has 0 aliphatic rings. The normalized spacial score (nSPS) is 12.0. The fourth-order valence-corrected chi connectivity index (χ4v) is 3.11. The topological polar surface area (TPSA) is 105 Å². The maximum atomic E-state index is 12.8. The highest BCUT2D eigenvalue weighted by atomic mass is 19.4. The van der Waals surface area contributed by atoms with Crippen LogP contribution in [0.4, 0.5) is 18.9 Å². The maximum Gasteiger partial charge on any atom is 0.416 e. The fraction of sp³-hybridized carbons (Fsp3) is 0.364. The number of amides is 1. The number of carbonyl (C=O) groups is 1. The van der Waals surface area contributed by atoms with E-state index in [0.29, 0.717) is 17.7 Å². The second-order valence-electron chi connectivity index (χ2n) is 7.93. The first-order chi connectivity index (χ1) is 14.8. The molecule has 0 saturated heterocycles. The molecule has 0 heterocycles. The van der Waals surface area contributed by atoms with Crippen LogP contribution in [-0.4, -0.2) is 22.2 Å². The van der Waals surface area contributed by atoms with Gasteiger partial charge in [0.2, 0.25) is 5.91 Å². The van der Waals surface area contributed by atoms with Gasteiger partial charge in [-0.2, -0.15) is 18.3 Å². The van der Waals surface area contributed by atoms with E-state index in [1.165, 1.54) is 6.21 Å². The van der Waals surface area contributed by atoms with Gasteiger partial charge < -0.3 is 5.11 Å². The molecule has 0 saturated carbocycles. The van der Waals surface area contributed by atoms with Crippen molar-refractivity contribution in [2.75, 3.05) is 0 Å². The molecule has 0 atom stereocenters. The molecule has 10 heteroatoms. The van der Waals surface area contributed by atoms with Gasteiger partial charge in [-0.05, 0) is 46.7 Å². The zero-order valence-corrected chi connectivity index (χ0v) is 18.0. The van der Waals surface area contributed by atoms with Gasteiger partial charge in [0.25, 0.3) is 5.69 Å². The van der Waals surface area contributed by atoms with Crippen molar-refractivity contribution in [3.8, 4) is 5.75 Å². The summed E-state index contributed by atoms with van der Waals surface area (Å²) in [6.07, 6.45) is -3.88. The molecular formula is C22H24F3N3O4. The lowest BCUT2D eigenvalue weighted by Gasteiger charge is -2.16. The van der Waals surface area contributed by atoms with Gasteiger partial charge in [-0.25, -0.2) is 5.43 Å². The fourth-order valence-electron chi connectivity index (χ4n) is 3.11. The number of alkyl halides is 3. The zero-order chi connectivity index (χ0) is 24.2. The number of phenols is 1. The monoisotopic (exact) mass is 451 g/mol. The van der Waals surface area contributed by atoms with Crippen molar-refractivity contribution in [2.24, 2.45) is 5.10 Å². The number of nitrogens with zero attached hydrogens (tertiary/aromatic N) is 2. The number of hydrogen-bond acceptors (Lipinski definition) is 5. The summed E-state index contributed by atoms with van der Waals surface area (Å²) in [6.45, 7) is 7.72. The number of nitrogens with one attached hydrogen (secondary N) is 1. The van der Waals surface area contributed by atoms with Crippen LogP contribution in [0.5, 0.6) is 5.75 Å². The first kappa shape index (κ1) is 24.8. The molecular weight excluding hydrogens is 427 g/mol. The third-order valence-electron chi connectivity index (χ3n) is 4.80. The minimum atomic E-state index is -4.73.